The summed E-state index contributed by atoms with van der Waals surface area (Å²) < 4.78 is 5.57. The Labute approximate surface area is 172 Å². The average molecular weight is 404 g/mol. The van der Waals surface area contributed by atoms with Crippen molar-refractivity contribution in [3.63, 3.8) is 0 Å². The highest BCUT2D eigenvalue weighted by Gasteiger charge is 2.37. The number of carbonyl (C=O) groups excluding carboxylic acids is 2. The standard InChI is InChI=1S/C21H33N5O3/c1-4-13(2)23-21(28)29-17-8-7-16(10-17)18-11-19(26-25-18)24-20(27)9-15-6-5-14(3)22-12-15/h5-6,12-13,16-19,25-26H,4,7-11H2,1-3H3,(H,23,28)(H,24,27)/t13-,16-,17+,18?,19?/m0/s1. The summed E-state index contributed by atoms with van der Waals surface area (Å²) in [5, 5.41) is 5.88. The van der Waals surface area contributed by atoms with Crippen molar-refractivity contribution in [2.45, 2.75) is 83.6 Å². The molecule has 5 atom stereocenters. The van der Waals surface area contributed by atoms with E-state index in [9.17, 15) is 9.59 Å². The summed E-state index contributed by atoms with van der Waals surface area (Å²) in [5.41, 5.74) is 8.33. The second kappa shape index (κ2) is 10.0. The average Bonchev–Trinajstić information content (AvgIpc) is 3.32. The van der Waals surface area contributed by atoms with Gasteiger partial charge in [-0.25, -0.2) is 10.2 Å². The summed E-state index contributed by atoms with van der Waals surface area (Å²) >= 11 is 0. The van der Waals surface area contributed by atoms with Crippen molar-refractivity contribution in [2.24, 2.45) is 5.92 Å². The number of amides is 2. The molecule has 0 aromatic carbocycles. The molecule has 1 saturated carbocycles. The van der Waals surface area contributed by atoms with E-state index < -0.39 is 0 Å². The van der Waals surface area contributed by atoms with Gasteiger partial charge in [0.15, 0.2) is 0 Å². The van der Waals surface area contributed by atoms with Crippen LogP contribution in [0.25, 0.3) is 0 Å². The van der Waals surface area contributed by atoms with Gasteiger partial charge in [-0.15, -0.1) is 0 Å². The smallest absolute Gasteiger partial charge is 0.407 e. The lowest BCUT2D eigenvalue weighted by molar-refractivity contribution is -0.121. The third-order valence-corrected chi connectivity index (χ3v) is 5.85. The highest BCUT2D eigenvalue weighted by Crippen LogP contribution is 2.32. The largest absolute Gasteiger partial charge is 0.446 e. The number of carbonyl (C=O) groups is 2. The molecular weight excluding hydrogens is 370 g/mol. The topological polar surface area (TPSA) is 104 Å². The van der Waals surface area contributed by atoms with Crippen LogP contribution in [0.3, 0.4) is 0 Å². The molecule has 2 fully saturated rings. The summed E-state index contributed by atoms with van der Waals surface area (Å²) in [6.07, 6.45) is 6.05. The van der Waals surface area contributed by atoms with E-state index in [-0.39, 0.29) is 36.4 Å². The number of nitrogens with one attached hydrogen (secondary N) is 4. The molecule has 4 N–H and O–H groups in total. The zero-order chi connectivity index (χ0) is 20.8. The lowest BCUT2D eigenvalue weighted by Crippen LogP contribution is -2.45. The van der Waals surface area contributed by atoms with Crippen molar-refractivity contribution >= 4 is 12.0 Å². The number of ether oxygens (including phenoxy) is 1. The zero-order valence-electron chi connectivity index (χ0n) is 17.5. The van der Waals surface area contributed by atoms with Crippen LogP contribution < -0.4 is 21.5 Å². The Kier molecular flexibility index (Phi) is 7.44. The number of pyridine rings is 1. The molecular formula is C21H33N5O3. The van der Waals surface area contributed by atoms with Gasteiger partial charge in [-0.1, -0.05) is 13.0 Å². The van der Waals surface area contributed by atoms with Gasteiger partial charge in [0, 0.05) is 24.0 Å². The van der Waals surface area contributed by atoms with Crippen molar-refractivity contribution in [2.75, 3.05) is 0 Å². The molecule has 0 bridgehead atoms. The van der Waals surface area contributed by atoms with Crippen molar-refractivity contribution in [1.82, 2.24) is 26.5 Å². The predicted molar refractivity (Wildman–Crippen MR) is 110 cm³/mol. The van der Waals surface area contributed by atoms with E-state index in [0.29, 0.717) is 12.3 Å². The van der Waals surface area contributed by atoms with E-state index in [1.54, 1.807) is 6.20 Å². The lowest BCUT2D eigenvalue weighted by atomic mass is 9.96. The Morgan fingerprint density at radius 2 is 2.10 bits per heavy atom. The molecule has 2 amide bonds. The van der Waals surface area contributed by atoms with Gasteiger partial charge < -0.3 is 15.4 Å². The van der Waals surface area contributed by atoms with Crippen LogP contribution in [0.4, 0.5) is 4.79 Å². The molecule has 29 heavy (non-hydrogen) atoms. The first-order valence-electron chi connectivity index (χ1n) is 10.6. The zero-order valence-corrected chi connectivity index (χ0v) is 17.5. The molecule has 1 saturated heterocycles. The van der Waals surface area contributed by atoms with Crippen LogP contribution in [-0.4, -0.2) is 41.3 Å². The van der Waals surface area contributed by atoms with E-state index in [2.05, 4.69) is 26.5 Å². The SMILES string of the molecule is CC[C@H](C)NC(=O)O[C@@H]1CC[C@H](C2CC(NC(=O)Cc3ccc(C)nc3)NN2)C1. The summed E-state index contributed by atoms with van der Waals surface area (Å²) in [6.45, 7) is 5.92. The van der Waals surface area contributed by atoms with E-state index in [0.717, 1.165) is 43.4 Å². The molecule has 160 valence electrons. The number of nitrogens with zero attached hydrogens (tertiary/aromatic N) is 1. The van der Waals surface area contributed by atoms with Gasteiger partial charge in [0.05, 0.1) is 12.6 Å². The molecule has 2 unspecified atom stereocenters. The maximum Gasteiger partial charge on any atom is 0.407 e. The molecule has 1 aliphatic carbocycles. The van der Waals surface area contributed by atoms with Crippen LogP contribution in [0.5, 0.6) is 0 Å². The van der Waals surface area contributed by atoms with Crippen molar-refractivity contribution < 1.29 is 14.3 Å². The molecule has 8 nitrogen and oxygen atoms in total. The number of alkyl carbamates (subject to hydrolysis) is 1. The number of hydrazine groups is 1. The lowest BCUT2D eigenvalue weighted by Gasteiger charge is -2.19. The number of aromatic nitrogens is 1. The first kappa shape index (κ1) is 21.5. The van der Waals surface area contributed by atoms with Gasteiger partial charge in [-0.05, 0) is 63.5 Å². The van der Waals surface area contributed by atoms with Crippen LogP contribution in [0.15, 0.2) is 18.3 Å². The van der Waals surface area contributed by atoms with Gasteiger partial charge in [-0.2, -0.15) is 0 Å². The van der Waals surface area contributed by atoms with Crippen LogP contribution in [-0.2, 0) is 16.0 Å². The fraction of sp³-hybridized carbons (Fsp3) is 0.667. The minimum Gasteiger partial charge on any atom is -0.446 e. The maximum atomic E-state index is 12.3. The number of hydrogen-bond acceptors (Lipinski definition) is 6. The Bertz CT molecular complexity index is 696. The van der Waals surface area contributed by atoms with Gasteiger partial charge in [0.25, 0.3) is 0 Å². The van der Waals surface area contributed by atoms with Crippen molar-refractivity contribution in [3.8, 4) is 0 Å². The minimum atomic E-state index is -0.321. The van der Waals surface area contributed by atoms with Gasteiger partial charge >= 0.3 is 6.09 Å². The van der Waals surface area contributed by atoms with E-state index in [1.807, 2.05) is 32.9 Å². The molecule has 1 aromatic rings. The van der Waals surface area contributed by atoms with E-state index in [1.165, 1.54) is 0 Å². The third kappa shape index (κ3) is 6.40. The molecule has 1 aromatic heterocycles. The molecule has 2 heterocycles. The Hall–Kier alpha value is -2.19. The second-order valence-electron chi connectivity index (χ2n) is 8.29. The number of rotatable bonds is 7. The van der Waals surface area contributed by atoms with Crippen LogP contribution in [0.1, 0.15) is 57.2 Å². The Morgan fingerprint density at radius 3 is 2.83 bits per heavy atom. The monoisotopic (exact) mass is 403 g/mol. The minimum absolute atomic E-state index is 0.0232. The van der Waals surface area contributed by atoms with Crippen molar-refractivity contribution in [3.05, 3.63) is 29.6 Å². The van der Waals surface area contributed by atoms with Gasteiger partial charge in [-0.3, -0.25) is 15.2 Å². The van der Waals surface area contributed by atoms with Crippen molar-refractivity contribution in [1.29, 1.82) is 0 Å². The van der Waals surface area contributed by atoms with Gasteiger partial charge in [0.2, 0.25) is 5.91 Å². The third-order valence-electron chi connectivity index (χ3n) is 5.85. The van der Waals surface area contributed by atoms with Crippen LogP contribution in [0.2, 0.25) is 0 Å². The molecule has 8 heteroatoms. The highest BCUT2D eigenvalue weighted by atomic mass is 16.6. The maximum absolute atomic E-state index is 12.3. The molecule has 1 aliphatic heterocycles. The Balaban J connectivity index is 1.39. The quantitative estimate of drug-likeness (QED) is 0.555. The molecule has 0 radical (unpaired) electrons. The van der Waals surface area contributed by atoms with E-state index in [4.69, 9.17) is 4.74 Å². The molecule has 3 rings (SSSR count). The highest BCUT2D eigenvalue weighted by molar-refractivity contribution is 5.78. The Morgan fingerprint density at radius 1 is 1.28 bits per heavy atom. The second-order valence-corrected chi connectivity index (χ2v) is 8.29. The van der Waals surface area contributed by atoms with E-state index >= 15 is 0 Å². The normalized spacial score (nSPS) is 27.4. The molecule has 0 spiro atoms. The van der Waals surface area contributed by atoms with Gasteiger partial charge in [0.1, 0.15) is 6.10 Å². The van der Waals surface area contributed by atoms with Crippen LogP contribution >= 0.6 is 0 Å². The van der Waals surface area contributed by atoms with Crippen LogP contribution in [0, 0.1) is 12.8 Å². The summed E-state index contributed by atoms with van der Waals surface area (Å²) in [4.78, 5) is 28.4. The summed E-state index contributed by atoms with van der Waals surface area (Å²) in [5.74, 6) is 0.400. The fourth-order valence-corrected chi connectivity index (χ4v) is 3.95. The fourth-order valence-electron chi connectivity index (χ4n) is 3.95. The first-order chi connectivity index (χ1) is 13.9. The first-order valence-corrected chi connectivity index (χ1v) is 10.6. The molecule has 2 aliphatic rings. The summed E-state index contributed by atoms with van der Waals surface area (Å²) in [6, 6.07) is 4.23. The predicted octanol–water partition coefficient (Wildman–Crippen LogP) is 1.93. The summed E-state index contributed by atoms with van der Waals surface area (Å²) in [7, 11) is 0. The number of hydrogen-bond donors (Lipinski definition) is 4. The number of aryl methyl sites for hydroxylation is 1.